The minimum atomic E-state index is -0.842. The Balaban J connectivity index is 2.00. The van der Waals surface area contributed by atoms with E-state index in [1.165, 1.54) is 12.8 Å². The summed E-state index contributed by atoms with van der Waals surface area (Å²) in [4.78, 5) is 21.6. The van der Waals surface area contributed by atoms with Crippen LogP contribution in [0.1, 0.15) is 32.6 Å². The highest BCUT2D eigenvalue weighted by Gasteiger charge is 2.21. The van der Waals surface area contributed by atoms with Gasteiger partial charge in [0.15, 0.2) is 0 Å². The lowest BCUT2D eigenvalue weighted by Gasteiger charge is -2.12. The van der Waals surface area contributed by atoms with Gasteiger partial charge in [-0.1, -0.05) is 0 Å². The Labute approximate surface area is 95.2 Å². The number of amides is 1. The van der Waals surface area contributed by atoms with Crippen LogP contribution >= 0.6 is 0 Å². The van der Waals surface area contributed by atoms with Crippen molar-refractivity contribution in [2.75, 3.05) is 13.2 Å². The van der Waals surface area contributed by atoms with Gasteiger partial charge in [-0.25, -0.2) is 0 Å². The number of carboxylic acids is 1. The molecule has 0 saturated heterocycles. The van der Waals surface area contributed by atoms with Crippen molar-refractivity contribution < 1.29 is 19.4 Å². The van der Waals surface area contributed by atoms with Crippen LogP contribution in [0.3, 0.4) is 0 Å². The first-order chi connectivity index (χ1) is 7.58. The number of hydrogen-bond acceptors (Lipinski definition) is 3. The highest BCUT2D eigenvalue weighted by atomic mass is 16.5. The van der Waals surface area contributed by atoms with Crippen LogP contribution in [-0.4, -0.2) is 36.2 Å². The van der Waals surface area contributed by atoms with Crippen LogP contribution in [0.15, 0.2) is 0 Å². The summed E-state index contributed by atoms with van der Waals surface area (Å²) in [5.74, 6) is -0.359. The zero-order valence-electron chi connectivity index (χ0n) is 9.57. The van der Waals surface area contributed by atoms with E-state index in [4.69, 9.17) is 9.84 Å². The van der Waals surface area contributed by atoms with Gasteiger partial charge in [-0.05, 0) is 32.1 Å². The summed E-state index contributed by atoms with van der Waals surface area (Å²) in [6, 6.07) is -0.117. The van der Waals surface area contributed by atoms with Crippen molar-refractivity contribution >= 4 is 11.9 Å². The Morgan fingerprint density at radius 2 is 2.19 bits per heavy atom. The summed E-state index contributed by atoms with van der Waals surface area (Å²) in [6.45, 7) is 2.53. The van der Waals surface area contributed by atoms with Crippen LogP contribution < -0.4 is 5.32 Å². The maximum absolute atomic E-state index is 11.3. The summed E-state index contributed by atoms with van der Waals surface area (Å²) >= 11 is 0. The highest BCUT2D eigenvalue weighted by Crippen LogP contribution is 2.28. The first kappa shape index (κ1) is 13.0. The van der Waals surface area contributed by atoms with Crippen LogP contribution in [-0.2, 0) is 14.3 Å². The second kappa shape index (κ2) is 6.48. The van der Waals surface area contributed by atoms with Crippen molar-refractivity contribution in [1.82, 2.24) is 5.32 Å². The van der Waals surface area contributed by atoms with Crippen molar-refractivity contribution in [3.63, 3.8) is 0 Å². The third kappa shape index (κ3) is 6.40. The quantitative estimate of drug-likeness (QED) is 0.645. The summed E-state index contributed by atoms with van der Waals surface area (Å²) in [7, 11) is 0. The van der Waals surface area contributed by atoms with Gasteiger partial charge in [-0.15, -0.1) is 0 Å². The number of ether oxygens (including phenoxy) is 1. The van der Waals surface area contributed by atoms with Crippen LogP contribution in [0.2, 0.25) is 0 Å². The molecule has 0 aromatic rings. The van der Waals surface area contributed by atoms with E-state index in [-0.39, 0.29) is 25.0 Å². The van der Waals surface area contributed by atoms with Crippen molar-refractivity contribution in [3.05, 3.63) is 0 Å². The fraction of sp³-hybridized carbons (Fsp3) is 0.818. The molecule has 0 bridgehead atoms. The average molecular weight is 229 g/mol. The molecule has 1 aliphatic carbocycles. The van der Waals surface area contributed by atoms with Gasteiger partial charge in [-0.3, -0.25) is 9.59 Å². The molecule has 92 valence electrons. The fourth-order valence-corrected chi connectivity index (χ4v) is 1.33. The van der Waals surface area contributed by atoms with Gasteiger partial charge in [0.05, 0.1) is 6.61 Å². The Hall–Kier alpha value is -1.10. The number of carboxylic acid groups (broad SMARTS) is 1. The number of nitrogens with one attached hydrogen (secondary N) is 1. The molecule has 0 aromatic carbocycles. The van der Waals surface area contributed by atoms with E-state index in [0.29, 0.717) is 18.9 Å². The molecule has 2 N–H and O–H groups in total. The largest absolute Gasteiger partial charge is 0.481 e. The molecule has 0 heterocycles. The number of rotatable bonds is 8. The standard InChI is InChI=1S/C11H19NO4/c1-8(2-5-11(14)15)12-10(13)7-16-6-9-3-4-9/h8-9H,2-7H2,1H3,(H,12,13)(H,14,15). The lowest BCUT2D eigenvalue weighted by molar-refractivity contribution is -0.137. The molecule has 1 rings (SSSR count). The molecule has 5 heteroatoms. The number of aliphatic carboxylic acids is 1. The minimum absolute atomic E-state index is 0.0738. The fourth-order valence-electron chi connectivity index (χ4n) is 1.33. The molecule has 0 aliphatic heterocycles. The smallest absolute Gasteiger partial charge is 0.303 e. The SMILES string of the molecule is CC(CCC(=O)O)NC(=O)COCC1CC1. The topological polar surface area (TPSA) is 75.6 Å². The molecule has 0 spiro atoms. The molecule has 1 amide bonds. The van der Waals surface area contributed by atoms with Crippen LogP contribution in [0.5, 0.6) is 0 Å². The van der Waals surface area contributed by atoms with Gasteiger partial charge in [-0.2, -0.15) is 0 Å². The van der Waals surface area contributed by atoms with E-state index in [9.17, 15) is 9.59 Å². The molecule has 1 fully saturated rings. The van der Waals surface area contributed by atoms with E-state index in [0.717, 1.165) is 0 Å². The molecular weight excluding hydrogens is 210 g/mol. The summed E-state index contributed by atoms with van der Waals surface area (Å²) in [5.41, 5.74) is 0. The molecule has 0 radical (unpaired) electrons. The third-order valence-corrected chi connectivity index (χ3v) is 2.48. The Kier molecular flexibility index (Phi) is 5.25. The molecule has 0 aromatic heterocycles. The van der Waals surface area contributed by atoms with E-state index < -0.39 is 5.97 Å². The first-order valence-corrected chi connectivity index (χ1v) is 5.67. The van der Waals surface area contributed by atoms with Gasteiger partial charge in [0, 0.05) is 12.5 Å². The number of carbonyl (C=O) groups is 2. The number of carbonyl (C=O) groups excluding carboxylic acids is 1. The van der Waals surface area contributed by atoms with Crippen molar-refractivity contribution in [3.8, 4) is 0 Å². The highest BCUT2D eigenvalue weighted by molar-refractivity contribution is 5.77. The monoisotopic (exact) mass is 229 g/mol. The van der Waals surface area contributed by atoms with Gasteiger partial charge >= 0.3 is 5.97 Å². The zero-order valence-corrected chi connectivity index (χ0v) is 9.57. The third-order valence-electron chi connectivity index (χ3n) is 2.48. The molecular formula is C11H19NO4. The average Bonchev–Trinajstić information content (AvgIpc) is 2.98. The molecule has 1 aliphatic rings. The van der Waals surface area contributed by atoms with Crippen LogP contribution in [0.4, 0.5) is 0 Å². The van der Waals surface area contributed by atoms with Crippen molar-refractivity contribution in [2.24, 2.45) is 5.92 Å². The summed E-state index contributed by atoms with van der Waals surface area (Å²) in [5, 5.41) is 11.2. The number of hydrogen-bond donors (Lipinski definition) is 2. The van der Waals surface area contributed by atoms with E-state index in [1.807, 2.05) is 0 Å². The Bertz CT molecular complexity index is 250. The Morgan fingerprint density at radius 3 is 2.75 bits per heavy atom. The minimum Gasteiger partial charge on any atom is -0.481 e. The maximum Gasteiger partial charge on any atom is 0.303 e. The lowest BCUT2D eigenvalue weighted by Crippen LogP contribution is -2.35. The van der Waals surface area contributed by atoms with Gasteiger partial charge in [0.2, 0.25) is 5.91 Å². The van der Waals surface area contributed by atoms with Gasteiger partial charge < -0.3 is 15.2 Å². The van der Waals surface area contributed by atoms with Gasteiger partial charge in [0.25, 0.3) is 0 Å². The van der Waals surface area contributed by atoms with Crippen molar-refractivity contribution in [1.29, 1.82) is 0 Å². The molecule has 5 nitrogen and oxygen atoms in total. The molecule has 16 heavy (non-hydrogen) atoms. The summed E-state index contributed by atoms with van der Waals surface area (Å²) < 4.78 is 5.22. The second-order valence-electron chi connectivity index (χ2n) is 4.36. The second-order valence-corrected chi connectivity index (χ2v) is 4.36. The Morgan fingerprint density at radius 1 is 1.50 bits per heavy atom. The predicted molar refractivity (Wildman–Crippen MR) is 58.0 cm³/mol. The van der Waals surface area contributed by atoms with E-state index >= 15 is 0 Å². The molecule has 1 saturated carbocycles. The maximum atomic E-state index is 11.3. The predicted octanol–water partition coefficient (Wildman–Crippen LogP) is 0.782. The molecule has 1 unspecified atom stereocenters. The normalized spacial score (nSPS) is 16.8. The van der Waals surface area contributed by atoms with E-state index in [2.05, 4.69) is 5.32 Å². The van der Waals surface area contributed by atoms with Crippen LogP contribution in [0.25, 0.3) is 0 Å². The first-order valence-electron chi connectivity index (χ1n) is 5.67. The van der Waals surface area contributed by atoms with Crippen molar-refractivity contribution in [2.45, 2.75) is 38.6 Å². The zero-order chi connectivity index (χ0) is 12.0. The van der Waals surface area contributed by atoms with E-state index in [1.54, 1.807) is 6.92 Å². The van der Waals surface area contributed by atoms with Crippen LogP contribution in [0, 0.1) is 5.92 Å². The summed E-state index contributed by atoms with van der Waals surface area (Å²) in [6.07, 6.45) is 2.93. The molecule has 1 atom stereocenters. The van der Waals surface area contributed by atoms with Gasteiger partial charge in [0.1, 0.15) is 6.61 Å². The lowest BCUT2D eigenvalue weighted by atomic mass is 10.2.